The topological polar surface area (TPSA) is 85.4 Å². The molecule has 1 N–H and O–H groups in total. The summed E-state index contributed by atoms with van der Waals surface area (Å²) in [5.74, 6) is 0.189. The molecular formula is C13H20N2O4S. The minimum atomic E-state index is -3.39. The quantitative estimate of drug-likeness (QED) is 0.867. The van der Waals surface area contributed by atoms with Crippen molar-refractivity contribution in [3.63, 3.8) is 0 Å². The van der Waals surface area contributed by atoms with Crippen LogP contribution in [0.2, 0.25) is 0 Å². The van der Waals surface area contributed by atoms with Crippen molar-refractivity contribution in [3.8, 4) is 5.75 Å². The molecule has 0 unspecified atom stereocenters. The van der Waals surface area contributed by atoms with Gasteiger partial charge in [0.2, 0.25) is 5.91 Å². The van der Waals surface area contributed by atoms with Crippen molar-refractivity contribution < 1.29 is 17.9 Å². The molecular weight excluding hydrogens is 280 g/mol. The van der Waals surface area contributed by atoms with Crippen molar-refractivity contribution in [3.05, 3.63) is 23.0 Å². The van der Waals surface area contributed by atoms with Gasteiger partial charge in [0.25, 0.3) is 0 Å². The number of aryl methyl sites for hydroxylation is 1. The molecule has 112 valence electrons. The Labute approximate surface area is 119 Å². The van der Waals surface area contributed by atoms with E-state index in [1.54, 1.807) is 13.3 Å². The zero-order chi connectivity index (χ0) is 15.5. The summed E-state index contributed by atoms with van der Waals surface area (Å²) in [5, 5.41) is 1.51. The van der Waals surface area contributed by atoms with Crippen molar-refractivity contribution in [1.29, 1.82) is 0 Å². The Hall–Kier alpha value is -1.63. The number of nitrogens with one attached hydrogen (secondary N) is 1. The maximum absolute atomic E-state index is 11.7. The fraction of sp³-hybridized carbons (Fsp3) is 0.538. The molecule has 20 heavy (non-hydrogen) atoms. The van der Waals surface area contributed by atoms with Crippen molar-refractivity contribution in [1.82, 2.24) is 10.3 Å². The maximum Gasteiger partial charge on any atom is 0.238 e. The summed E-state index contributed by atoms with van der Waals surface area (Å²) < 4.78 is 27.9. The summed E-state index contributed by atoms with van der Waals surface area (Å²) in [4.78, 5) is 16.0. The number of hydrogen-bond acceptors (Lipinski definition) is 5. The molecule has 0 fully saturated rings. The summed E-state index contributed by atoms with van der Waals surface area (Å²) in [5.41, 5.74) is 2.39. The molecule has 0 aliphatic carbocycles. The van der Waals surface area contributed by atoms with Crippen LogP contribution in [0.25, 0.3) is 0 Å². The molecule has 1 amide bonds. The van der Waals surface area contributed by atoms with E-state index in [-0.39, 0.29) is 6.54 Å². The van der Waals surface area contributed by atoms with E-state index < -0.39 is 21.0 Å². The van der Waals surface area contributed by atoms with E-state index in [0.29, 0.717) is 5.69 Å². The standard InChI is InChI=1S/C13H20N2O4S/c1-8-6-14-11(9(2)12(8)19-4)7-15-13(16)10(3)20(5,17)18/h6,10H,7H2,1-5H3,(H,15,16)/t10-/m0/s1. The molecule has 1 rings (SSSR count). The number of nitrogens with zero attached hydrogens (tertiary/aromatic N) is 1. The number of hydrogen-bond donors (Lipinski definition) is 1. The third kappa shape index (κ3) is 3.69. The molecule has 1 aromatic heterocycles. The lowest BCUT2D eigenvalue weighted by Gasteiger charge is -2.14. The first kappa shape index (κ1) is 16.4. The van der Waals surface area contributed by atoms with Crippen LogP contribution in [0.1, 0.15) is 23.7 Å². The molecule has 0 saturated heterocycles. The lowest BCUT2D eigenvalue weighted by atomic mass is 10.1. The van der Waals surface area contributed by atoms with Gasteiger partial charge < -0.3 is 10.1 Å². The van der Waals surface area contributed by atoms with E-state index in [4.69, 9.17) is 4.74 Å². The molecule has 0 radical (unpaired) electrons. The molecule has 1 aromatic rings. The molecule has 6 nitrogen and oxygen atoms in total. The minimum absolute atomic E-state index is 0.168. The Morgan fingerprint density at radius 3 is 2.55 bits per heavy atom. The monoisotopic (exact) mass is 300 g/mol. The fourth-order valence-corrected chi connectivity index (χ4v) is 2.23. The van der Waals surface area contributed by atoms with Crippen LogP contribution < -0.4 is 10.1 Å². The summed E-state index contributed by atoms with van der Waals surface area (Å²) in [6.45, 7) is 5.26. The first-order valence-electron chi connectivity index (χ1n) is 6.14. The van der Waals surface area contributed by atoms with Gasteiger partial charge >= 0.3 is 0 Å². The zero-order valence-corrected chi connectivity index (χ0v) is 13.2. The Balaban J connectivity index is 2.84. The molecule has 0 aromatic carbocycles. The number of amides is 1. The van der Waals surface area contributed by atoms with Gasteiger partial charge in [-0.15, -0.1) is 0 Å². The largest absolute Gasteiger partial charge is 0.496 e. The van der Waals surface area contributed by atoms with Crippen molar-refractivity contribution in [2.24, 2.45) is 0 Å². The number of ether oxygens (including phenoxy) is 1. The second kappa shape index (κ2) is 6.21. The van der Waals surface area contributed by atoms with Crippen LogP contribution in [-0.2, 0) is 21.2 Å². The highest BCUT2D eigenvalue weighted by molar-refractivity contribution is 7.92. The van der Waals surface area contributed by atoms with Crippen LogP contribution in [0.15, 0.2) is 6.20 Å². The van der Waals surface area contributed by atoms with Gasteiger partial charge in [0.1, 0.15) is 11.0 Å². The van der Waals surface area contributed by atoms with Gasteiger partial charge in [0, 0.05) is 23.6 Å². The van der Waals surface area contributed by atoms with Crippen LogP contribution in [0.5, 0.6) is 5.75 Å². The summed E-state index contributed by atoms with van der Waals surface area (Å²) >= 11 is 0. The van der Waals surface area contributed by atoms with E-state index >= 15 is 0 Å². The number of carbonyl (C=O) groups is 1. The van der Waals surface area contributed by atoms with Gasteiger partial charge in [-0.25, -0.2) is 8.42 Å². The molecule has 7 heteroatoms. The van der Waals surface area contributed by atoms with Gasteiger partial charge in [0.15, 0.2) is 9.84 Å². The summed E-state index contributed by atoms with van der Waals surface area (Å²) in [7, 11) is -1.82. The predicted octanol–water partition coefficient (Wildman–Crippen LogP) is 0.756. The van der Waals surface area contributed by atoms with Gasteiger partial charge in [-0.1, -0.05) is 0 Å². The van der Waals surface area contributed by atoms with Crippen molar-refractivity contribution >= 4 is 15.7 Å². The Morgan fingerprint density at radius 1 is 1.45 bits per heavy atom. The molecule has 1 atom stereocenters. The molecule has 0 spiro atoms. The van der Waals surface area contributed by atoms with Crippen LogP contribution >= 0.6 is 0 Å². The number of aromatic nitrogens is 1. The van der Waals surface area contributed by atoms with E-state index in [1.165, 1.54) is 6.92 Å². The number of pyridine rings is 1. The third-order valence-electron chi connectivity index (χ3n) is 3.19. The third-order valence-corrected chi connectivity index (χ3v) is 4.69. The SMILES string of the molecule is COc1c(C)cnc(CNC(=O)[C@H](C)S(C)(=O)=O)c1C. The van der Waals surface area contributed by atoms with E-state index in [9.17, 15) is 13.2 Å². The smallest absolute Gasteiger partial charge is 0.238 e. The van der Waals surface area contributed by atoms with E-state index in [2.05, 4.69) is 10.3 Å². The fourth-order valence-electron chi connectivity index (χ4n) is 1.76. The number of sulfone groups is 1. The Kier molecular flexibility index (Phi) is 5.10. The van der Waals surface area contributed by atoms with E-state index in [0.717, 1.165) is 23.1 Å². The van der Waals surface area contributed by atoms with E-state index in [1.807, 2.05) is 13.8 Å². The highest BCUT2D eigenvalue weighted by Crippen LogP contribution is 2.23. The van der Waals surface area contributed by atoms with Gasteiger partial charge in [0.05, 0.1) is 19.3 Å². The average molecular weight is 300 g/mol. The molecule has 1 heterocycles. The zero-order valence-electron chi connectivity index (χ0n) is 12.4. The van der Waals surface area contributed by atoms with Gasteiger partial charge in [-0.05, 0) is 20.8 Å². The minimum Gasteiger partial charge on any atom is -0.496 e. The number of methoxy groups -OCH3 is 1. The summed E-state index contributed by atoms with van der Waals surface area (Å²) in [6, 6.07) is 0. The highest BCUT2D eigenvalue weighted by atomic mass is 32.2. The molecule has 0 aliphatic heterocycles. The highest BCUT2D eigenvalue weighted by Gasteiger charge is 2.23. The lowest BCUT2D eigenvalue weighted by molar-refractivity contribution is -0.120. The van der Waals surface area contributed by atoms with Crippen molar-refractivity contribution in [2.75, 3.05) is 13.4 Å². The number of carbonyl (C=O) groups excluding carboxylic acids is 1. The van der Waals surface area contributed by atoms with Crippen LogP contribution in [0.3, 0.4) is 0 Å². The molecule has 0 saturated carbocycles. The van der Waals surface area contributed by atoms with Crippen LogP contribution in [-0.4, -0.2) is 37.9 Å². The molecule has 0 aliphatic rings. The van der Waals surface area contributed by atoms with Gasteiger partial charge in [-0.3, -0.25) is 9.78 Å². The normalized spacial score (nSPS) is 12.8. The number of rotatable bonds is 5. The summed E-state index contributed by atoms with van der Waals surface area (Å²) in [6.07, 6.45) is 2.70. The van der Waals surface area contributed by atoms with Gasteiger partial charge in [-0.2, -0.15) is 0 Å². The average Bonchev–Trinajstić information content (AvgIpc) is 2.36. The Morgan fingerprint density at radius 2 is 2.05 bits per heavy atom. The first-order valence-corrected chi connectivity index (χ1v) is 8.09. The second-order valence-corrected chi connectivity index (χ2v) is 7.10. The Bertz CT molecular complexity index is 611. The predicted molar refractivity (Wildman–Crippen MR) is 76.4 cm³/mol. The van der Waals surface area contributed by atoms with Crippen LogP contribution in [0.4, 0.5) is 0 Å². The first-order chi connectivity index (χ1) is 9.18. The maximum atomic E-state index is 11.7. The molecule has 0 bridgehead atoms. The van der Waals surface area contributed by atoms with Crippen LogP contribution in [0, 0.1) is 13.8 Å². The van der Waals surface area contributed by atoms with Crippen molar-refractivity contribution in [2.45, 2.75) is 32.6 Å². The lowest BCUT2D eigenvalue weighted by Crippen LogP contribution is -2.37. The second-order valence-electron chi connectivity index (χ2n) is 4.74.